The van der Waals surface area contributed by atoms with Gasteiger partial charge in [0.25, 0.3) is 5.91 Å². The molecule has 0 bridgehead atoms. The lowest BCUT2D eigenvalue weighted by atomic mass is 10.00. The highest BCUT2D eigenvalue weighted by Gasteiger charge is 2.32. The van der Waals surface area contributed by atoms with E-state index < -0.39 is 17.6 Å². The van der Waals surface area contributed by atoms with Crippen LogP contribution in [0.15, 0.2) is 48.5 Å². The van der Waals surface area contributed by atoms with Crippen molar-refractivity contribution in [3.8, 4) is 11.1 Å². The number of rotatable bonds is 2. The van der Waals surface area contributed by atoms with E-state index in [9.17, 15) is 18.0 Å². The lowest BCUT2D eigenvalue weighted by molar-refractivity contribution is -0.137. The minimum atomic E-state index is -4.45. The maximum absolute atomic E-state index is 13.0. The Hall–Kier alpha value is -2.76. The van der Waals surface area contributed by atoms with E-state index in [4.69, 9.17) is 5.73 Å². The van der Waals surface area contributed by atoms with Crippen molar-refractivity contribution in [2.75, 3.05) is 0 Å². The summed E-state index contributed by atoms with van der Waals surface area (Å²) >= 11 is 0. The third-order valence-corrected chi connectivity index (χ3v) is 3.82. The number of benzene rings is 2. The Morgan fingerprint density at radius 3 is 2.30 bits per heavy atom. The Labute approximate surface area is 130 Å². The molecule has 2 aromatic carbocycles. The number of nitrogens with two attached hydrogens (primary N) is 1. The first kappa shape index (κ1) is 15.1. The van der Waals surface area contributed by atoms with Crippen LogP contribution in [-0.2, 0) is 13.2 Å². The Kier molecular flexibility index (Phi) is 3.39. The second-order valence-electron chi connectivity index (χ2n) is 5.24. The second kappa shape index (κ2) is 5.15. The Bertz CT molecular complexity index is 896. The average molecular weight is 318 g/mol. The molecule has 0 radical (unpaired) electrons. The van der Waals surface area contributed by atoms with Crippen molar-refractivity contribution in [2.45, 2.75) is 6.18 Å². The number of primary amides is 1. The van der Waals surface area contributed by atoms with Crippen molar-refractivity contribution in [3.63, 3.8) is 0 Å². The van der Waals surface area contributed by atoms with E-state index in [1.54, 1.807) is 37.4 Å². The molecule has 6 heteroatoms. The van der Waals surface area contributed by atoms with Crippen molar-refractivity contribution in [1.29, 1.82) is 0 Å². The van der Waals surface area contributed by atoms with Crippen LogP contribution in [0.5, 0.6) is 0 Å². The molecule has 1 heterocycles. The fourth-order valence-corrected chi connectivity index (χ4v) is 2.81. The van der Waals surface area contributed by atoms with Crippen molar-refractivity contribution in [2.24, 2.45) is 12.8 Å². The van der Waals surface area contributed by atoms with Gasteiger partial charge in [0.2, 0.25) is 0 Å². The summed E-state index contributed by atoms with van der Waals surface area (Å²) in [5.74, 6) is -0.684. The fraction of sp³-hybridized carbons (Fsp3) is 0.118. The summed E-state index contributed by atoms with van der Waals surface area (Å²) in [5.41, 5.74) is 6.47. The van der Waals surface area contributed by atoms with E-state index in [-0.39, 0.29) is 5.69 Å². The molecule has 0 unspecified atom stereocenters. The van der Waals surface area contributed by atoms with Gasteiger partial charge in [0.15, 0.2) is 0 Å². The molecule has 0 spiro atoms. The second-order valence-corrected chi connectivity index (χ2v) is 5.24. The number of halogens is 3. The molecule has 1 amide bonds. The monoisotopic (exact) mass is 318 g/mol. The van der Waals surface area contributed by atoms with Gasteiger partial charge in [-0.15, -0.1) is 0 Å². The van der Waals surface area contributed by atoms with Crippen LogP contribution in [0.25, 0.3) is 22.0 Å². The molecule has 2 N–H and O–H groups in total. The predicted octanol–water partition coefficient (Wildman–Crippen LogP) is 3.96. The number of aromatic nitrogens is 1. The third-order valence-electron chi connectivity index (χ3n) is 3.82. The van der Waals surface area contributed by atoms with E-state index in [0.717, 1.165) is 12.1 Å². The molecule has 0 saturated heterocycles. The summed E-state index contributed by atoms with van der Waals surface area (Å²) < 4.78 is 40.6. The van der Waals surface area contributed by atoms with Gasteiger partial charge in [0.05, 0.1) is 5.56 Å². The first-order valence-corrected chi connectivity index (χ1v) is 6.85. The van der Waals surface area contributed by atoms with Crippen molar-refractivity contribution in [3.05, 3.63) is 59.8 Å². The van der Waals surface area contributed by atoms with Gasteiger partial charge in [-0.05, 0) is 23.8 Å². The molecule has 3 aromatic rings. The maximum Gasteiger partial charge on any atom is 0.416 e. The summed E-state index contributed by atoms with van der Waals surface area (Å²) in [6.07, 6.45) is -4.45. The summed E-state index contributed by atoms with van der Waals surface area (Å²) in [6, 6.07) is 12.2. The van der Waals surface area contributed by atoms with Crippen LogP contribution in [0.4, 0.5) is 13.2 Å². The number of carbonyl (C=O) groups excluding carboxylic acids is 1. The van der Waals surface area contributed by atoms with Crippen molar-refractivity contribution in [1.82, 2.24) is 4.57 Å². The lowest BCUT2D eigenvalue weighted by Crippen LogP contribution is -2.16. The summed E-state index contributed by atoms with van der Waals surface area (Å²) in [6.45, 7) is 0. The number of alkyl halides is 3. The van der Waals surface area contributed by atoms with E-state index in [1.165, 1.54) is 10.6 Å². The summed E-state index contributed by atoms with van der Waals surface area (Å²) in [7, 11) is 1.61. The SMILES string of the molecule is Cn1c(C(N)=O)c(-c2ccccc2)c2cc(C(F)(F)F)ccc21. The molecule has 0 aliphatic carbocycles. The van der Waals surface area contributed by atoms with Gasteiger partial charge in [-0.3, -0.25) is 4.79 Å². The zero-order valence-electron chi connectivity index (χ0n) is 12.2. The zero-order valence-corrected chi connectivity index (χ0v) is 12.2. The molecule has 0 aliphatic heterocycles. The van der Waals surface area contributed by atoms with E-state index in [1.807, 2.05) is 0 Å². The molecule has 0 atom stereocenters. The maximum atomic E-state index is 13.0. The first-order chi connectivity index (χ1) is 10.8. The van der Waals surface area contributed by atoms with Gasteiger partial charge in [-0.2, -0.15) is 13.2 Å². The topological polar surface area (TPSA) is 48.0 Å². The molecular weight excluding hydrogens is 305 g/mol. The van der Waals surface area contributed by atoms with Crippen LogP contribution in [-0.4, -0.2) is 10.5 Å². The molecule has 3 nitrogen and oxygen atoms in total. The van der Waals surface area contributed by atoms with Crippen LogP contribution in [0.1, 0.15) is 16.1 Å². The minimum Gasteiger partial charge on any atom is -0.364 e. The first-order valence-electron chi connectivity index (χ1n) is 6.85. The molecule has 23 heavy (non-hydrogen) atoms. The van der Waals surface area contributed by atoms with Gasteiger partial charge in [-0.25, -0.2) is 0 Å². The highest BCUT2D eigenvalue weighted by molar-refractivity contribution is 6.10. The van der Waals surface area contributed by atoms with Crippen LogP contribution in [0.2, 0.25) is 0 Å². The number of nitrogens with zero attached hydrogens (tertiary/aromatic N) is 1. The predicted molar refractivity (Wildman–Crippen MR) is 81.9 cm³/mol. The molecule has 118 valence electrons. The van der Waals surface area contributed by atoms with Crippen LogP contribution < -0.4 is 5.73 Å². The number of hydrogen-bond acceptors (Lipinski definition) is 1. The van der Waals surface area contributed by atoms with Gasteiger partial charge in [-0.1, -0.05) is 30.3 Å². The number of amides is 1. The molecule has 0 aliphatic rings. The Balaban J connectivity index is 2.43. The Morgan fingerprint density at radius 1 is 1.09 bits per heavy atom. The average Bonchev–Trinajstić information content (AvgIpc) is 2.80. The van der Waals surface area contributed by atoms with Gasteiger partial charge in [0, 0.05) is 23.5 Å². The number of fused-ring (bicyclic) bond motifs is 1. The van der Waals surface area contributed by atoms with E-state index >= 15 is 0 Å². The lowest BCUT2D eigenvalue weighted by Gasteiger charge is -2.07. The number of aryl methyl sites for hydroxylation is 1. The van der Waals surface area contributed by atoms with E-state index in [2.05, 4.69) is 0 Å². The molecule has 1 aromatic heterocycles. The van der Waals surface area contributed by atoms with Gasteiger partial charge < -0.3 is 10.3 Å². The normalized spacial score (nSPS) is 11.8. The standard InChI is InChI=1S/C17H13F3N2O/c1-22-13-8-7-11(17(18,19)20)9-12(13)14(15(22)16(21)23)10-5-3-2-4-6-10/h2-9H,1H3,(H2,21,23). The van der Waals surface area contributed by atoms with E-state index in [0.29, 0.717) is 22.0 Å². The number of hydrogen-bond donors (Lipinski definition) is 1. The van der Waals surface area contributed by atoms with Crippen molar-refractivity contribution >= 4 is 16.8 Å². The largest absolute Gasteiger partial charge is 0.416 e. The quantitative estimate of drug-likeness (QED) is 0.764. The molecular formula is C17H13F3N2O. The molecule has 0 saturated carbocycles. The highest BCUT2D eigenvalue weighted by atomic mass is 19.4. The number of carbonyl (C=O) groups is 1. The van der Waals surface area contributed by atoms with Crippen LogP contribution >= 0.6 is 0 Å². The van der Waals surface area contributed by atoms with Crippen LogP contribution in [0.3, 0.4) is 0 Å². The van der Waals surface area contributed by atoms with Crippen LogP contribution in [0, 0.1) is 0 Å². The zero-order chi connectivity index (χ0) is 16.8. The highest BCUT2D eigenvalue weighted by Crippen LogP contribution is 2.38. The fourth-order valence-electron chi connectivity index (χ4n) is 2.81. The Morgan fingerprint density at radius 2 is 1.74 bits per heavy atom. The summed E-state index contributed by atoms with van der Waals surface area (Å²) in [5, 5.41) is 0.349. The summed E-state index contributed by atoms with van der Waals surface area (Å²) in [4.78, 5) is 11.8. The van der Waals surface area contributed by atoms with Gasteiger partial charge >= 0.3 is 6.18 Å². The third kappa shape index (κ3) is 2.46. The molecule has 3 rings (SSSR count). The molecule has 0 fully saturated rings. The van der Waals surface area contributed by atoms with Gasteiger partial charge in [0.1, 0.15) is 5.69 Å². The van der Waals surface area contributed by atoms with Crippen molar-refractivity contribution < 1.29 is 18.0 Å². The smallest absolute Gasteiger partial charge is 0.364 e. The minimum absolute atomic E-state index is 0.186.